The molecule has 1 aliphatic heterocycles. The summed E-state index contributed by atoms with van der Waals surface area (Å²) in [6, 6.07) is 5.39. The third kappa shape index (κ3) is 3.94. The van der Waals surface area contributed by atoms with Crippen LogP contribution in [0.15, 0.2) is 48.9 Å². The molecule has 4 rings (SSSR count). The number of carbonyl (C=O) groups is 1. The molecule has 0 spiro atoms. The van der Waals surface area contributed by atoms with Crippen molar-refractivity contribution in [2.45, 2.75) is 11.8 Å². The van der Waals surface area contributed by atoms with E-state index in [0.29, 0.717) is 27.4 Å². The van der Waals surface area contributed by atoms with Crippen molar-refractivity contribution in [2.75, 3.05) is 17.1 Å². The van der Waals surface area contributed by atoms with Crippen molar-refractivity contribution in [1.82, 2.24) is 9.99 Å². The highest BCUT2D eigenvalue weighted by Crippen LogP contribution is 2.35. The number of carbonyl (C=O) groups excluding carboxylic acids is 1. The quantitative estimate of drug-likeness (QED) is 0.514. The number of hydrazine groups is 1. The number of hydrogen-bond acceptors (Lipinski definition) is 8. The summed E-state index contributed by atoms with van der Waals surface area (Å²) in [6.07, 6.45) is 0. The van der Waals surface area contributed by atoms with E-state index in [9.17, 15) is 13.2 Å². The van der Waals surface area contributed by atoms with Crippen LogP contribution in [0.1, 0.15) is 5.69 Å². The molecule has 2 amide bonds. The number of ether oxygens (including phenoxy) is 2. The van der Waals surface area contributed by atoms with Crippen molar-refractivity contribution in [3.63, 3.8) is 0 Å². The second-order valence-electron chi connectivity index (χ2n) is 5.77. The minimum atomic E-state index is -4.05. The van der Waals surface area contributed by atoms with Crippen LogP contribution < -0.4 is 24.6 Å². The lowest BCUT2D eigenvalue weighted by molar-refractivity contribution is 0.174. The highest BCUT2D eigenvalue weighted by atomic mass is 79.9. The molecule has 29 heavy (non-hydrogen) atoms. The van der Waals surface area contributed by atoms with E-state index in [1.54, 1.807) is 30.5 Å². The highest BCUT2D eigenvalue weighted by molar-refractivity contribution is 9.10. The van der Waals surface area contributed by atoms with Crippen molar-refractivity contribution in [1.29, 1.82) is 0 Å². The molecule has 2 aromatic heterocycles. The Balaban J connectivity index is 1.64. The molecule has 0 fully saturated rings. The van der Waals surface area contributed by atoms with Crippen LogP contribution in [-0.4, -0.2) is 26.4 Å². The van der Waals surface area contributed by atoms with Crippen LogP contribution in [0.3, 0.4) is 0 Å². The van der Waals surface area contributed by atoms with E-state index in [2.05, 4.69) is 31.2 Å². The van der Waals surface area contributed by atoms with Crippen molar-refractivity contribution >= 4 is 54.9 Å². The Morgan fingerprint density at radius 1 is 1.28 bits per heavy atom. The average molecular weight is 501 g/mol. The van der Waals surface area contributed by atoms with Crippen molar-refractivity contribution in [3.05, 3.63) is 45.2 Å². The lowest BCUT2D eigenvalue weighted by Crippen LogP contribution is -2.48. The first-order valence-corrected chi connectivity index (χ1v) is 11.2. The standard InChI is InChI=1S/C16H13BrN4O6S2/c1-9-14(17)15(27-19-9)21(20-29(23,24)11-4-5-28-7-11)16(22)18-10-2-3-12-13(6-10)26-8-25-12/h2-7,20H,8H2,1H3,(H,18,22). The van der Waals surface area contributed by atoms with E-state index in [1.807, 2.05) is 0 Å². The van der Waals surface area contributed by atoms with Crippen molar-refractivity contribution in [3.8, 4) is 11.5 Å². The third-order valence-corrected chi connectivity index (χ3v) is 6.86. The van der Waals surface area contributed by atoms with Gasteiger partial charge in [0.1, 0.15) is 4.47 Å². The van der Waals surface area contributed by atoms with Gasteiger partial charge in [0.25, 0.3) is 15.9 Å². The summed E-state index contributed by atoms with van der Waals surface area (Å²) in [5.74, 6) is 0.885. The van der Waals surface area contributed by atoms with Gasteiger partial charge in [-0.15, -0.1) is 4.83 Å². The van der Waals surface area contributed by atoms with E-state index in [4.69, 9.17) is 14.0 Å². The minimum Gasteiger partial charge on any atom is -0.454 e. The monoisotopic (exact) mass is 500 g/mol. The molecule has 0 saturated carbocycles. The van der Waals surface area contributed by atoms with E-state index < -0.39 is 16.1 Å². The molecule has 1 aliphatic rings. The normalized spacial score (nSPS) is 12.8. The van der Waals surface area contributed by atoms with Gasteiger partial charge in [0, 0.05) is 17.1 Å². The molecule has 0 aliphatic carbocycles. The van der Waals surface area contributed by atoms with Crippen LogP contribution in [0, 0.1) is 6.92 Å². The summed E-state index contributed by atoms with van der Waals surface area (Å²) in [4.78, 5) is 15.2. The molecule has 13 heteroatoms. The Hall–Kier alpha value is -2.61. The summed E-state index contributed by atoms with van der Waals surface area (Å²) in [7, 11) is -4.05. The summed E-state index contributed by atoms with van der Waals surface area (Å²) in [5.41, 5.74) is 0.807. The zero-order valence-corrected chi connectivity index (χ0v) is 17.9. The van der Waals surface area contributed by atoms with Gasteiger partial charge in [-0.3, -0.25) is 0 Å². The first-order chi connectivity index (χ1) is 13.8. The minimum absolute atomic E-state index is 0.00994. The van der Waals surface area contributed by atoms with Crippen LogP contribution in [0.2, 0.25) is 0 Å². The van der Waals surface area contributed by atoms with E-state index in [0.717, 1.165) is 5.01 Å². The molecule has 3 aromatic rings. The van der Waals surface area contributed by atoms with Gasteiger partial charge in [-0.05, 0) is 46.4 Å². The van der Waals surface area contributed by atoms with Crippen molar-refractivity contribution < 1.29 is 27.2 Å². The van der Waals surface area contributed by atoms with Crippen molar-refractivity contribution in [2.24, 2.45) is 0 Å². The predicted molar refractivity (Wildman–Crippen MR) is 108 cm³/mol. The number of aromatic nitrogens is 1. The largest absolute Gasteiger partial charge is 0.454 e. The van der Waals surface area contributed by atoms with Gasteiger partial charge in [-0.25, -0.2) is 13.2 Å². The Labute approximate surface area is 177 Å². The molecule has 0 radical (unpaired) electrons. The lowest BCUT2D eigenvalue weighted by Gasteiger charge is -2.20. The molecule has 0 saturated heterocycles. The zero-order valence-electron chi connectivity index (χ0n) is 14.7. The molecule has 152 valence electrons. The van der Waals surface area contributed by atoms with Crippen LogP contribution in [0.5, 0.6) is 11.5 Å². The van der Waals surface area contributed by atoms with E-state index in [1.165, 1.54) is 22.8 Å². The number of fused-ring (bicyclic) bond motifs is 1. The number of aryl methyl sites for hydroxylation is 1. The summed E-state index contributed by atoms with van der Waals surface area (Å²) < 4.78 is 41.3. The number of hydrogen-bond donors (Lipinski definition) is 2. The van der Waals surface area contributed by atoms with E-state index >= 15 is 0 Å². The van der Waals surface area contributed by atoms with E-state index in [-0.39, 0.29) is 17.6 Å². The van der Waals surface area contributed by atoms with Gasteiger partial charge in [0.2, 0.25) is 6.79 Å². The number of thiophene rings is 1. The summed E-state index contributed by atoms with van der Waals surface area (Å²) >= 11 is 4.46. The molecule has 1 aromatic carbocycles. The molecular formula is C16H13BrN4O6S2. The van der Waals surface area contributed by atoms with Gasteiger partial charge >= 0.3 is 6.03 Å². The zero-order chi connectivity index (χ0) is 20.6. The van der Waals surface area contributed by atoms with Gasteiger partial charge < -0.3 is 19.3 Å². The molecule has 10 nitrogen and oxygen atoms in total. The topological polar surface area (TPSA) is 123 Å². The Bertz CT molecular complexity index is 1160. The fourth-order valence-electron chi connectivity index (χ4n) is 2.39. The van der Waals surface area contributed by atoms with Crippen LogP contribution >= 0.6 is 27.3 Å². The third-order valence-electron chi connectivity index (χ3n) is 3.82. The number of urea groups is 1. The number of nitrogens with zero attached hydrogens (tertiary/aromatic N) is 2. The Morgan fingerprint density at radius 3 is 2.76 bits per heavy atom. The number of halogens is 1. The van der Waals surface area contributed by atoms with Crippen LogP contribution in [0.25, 0.3) is 0 Å². The Kier molecular flexibility index (Phi) is 5.21. The Morgan fingerprint density at radius 2 is 2.07 bits per heavy atom. The van der Waals surface area contributed by atoms with Gasteiger partial charge in [-0.1, -0.05) is 5.16 Å². The van der Waals surface area contributed by atoms with Gasteiger partial charge in [0.05, 0.1) is 10.6 Å². The average Bonchev–Trinajstić information content (AvgIpc) is 3.43. The SMILES string of the molecule is Cc1noc(N(NS(=O)(=O)c2ccsc2)C(=O)Nc2ccc3c(c2)OCO3)c1Br. The maximum absolute atomic E-state index is 12.9. The maximum atomic E-state index is 12.9. The second kappa shape index (κ2) is 7.67. The molecular weight excluding hydrogens is 488 g/mol. The molecule has 0 atom stereocenters. The summed E-state index contributed by atoms with van der Waals surface area (Å²) in [5, 5.41) is 10.1. The number of anilines is 2. The predicted octanol–water partition coefficient (Wildman–Crippen LogP) is 3.47. The fourth-order valence-corrected chi connectivity index (χ4v) is 4.75. The lowest BCUT2D eigenvalue weighted by atomic mass is 10.3. The van der Waals surface area contributed by atoms with Gasteiger partial charge in [-0.2, -0.15) is 16.3 Å². The number of sulfonamides is 1. The van der Waals surface area contributed by atoms with Crippen LogP contribution in [-0.2, 0) is 10.0 Å². The molecule has 0 unspecified atom stereocenters. The summed E-state index contributed by atoms with van der Waals surface area (Å²) in [6.45, 7) is 1.72. The molecule has 2 N–H and O–H groups in total. The molecule has 0 bridgehead atoms. The fraction of sp³-hybridized carbons (Fsp3) is 0.125. The number of nitrogens with one attached hydrogen (secondary N) is 2. The first-order valence-electron chi connectivity index (χ1n) is 8.02. The number of amides is 2. The second-order valence-corrected chi connectivity index (χ2v) is 9.01. The molecule has 3 heterocycles. The van der Waals surface area contributed by atoms with Crippen LogP contribution in [0.4, 0.5) is 16.4 Å². The maximum Gasteiger partial charge on any atom is 0.344 e. The highest BCUT2D eigenvalue weighted by Gasteiger charge is 2.30. The first kappa shape index (κ1) is 19.7. The van der Waals surface area contributed by atoms with Gasteiger partial charge in [0.15, 0.2) is 11.5 Å². The number of benzene rings is 1. The number of rotatable bonds is 5. The smallest absolute Gasteiger partial charge is 0.344 e.